The molecule has 3 rings (SSSR count). The summed E-state index contributed by atoms with van der Waals surface area (Å²) in [6.45, 7) is 1.96. The van der Waals surface area contributed by atoms with Crippen LogP contribution in [0.3, 0.4) is 0 Å². The van der Waals surface area contributed by atoms with E-state index in [0.29, 0.717) is 5.02 Å². The van der Waals surface area contributed by atoms with Gasteiger partial charge in [-0.25, -0.2) is 0 Å². The second-order valence-corrected chi connectivity index (χ2v) is 6.38. The third-order valence-electron chi connectivity index (χ3n) is 3.35. The molecule has 0 spiro atoms. The smallest absolute Gasteiger partial charge is 0.248 e. The van der Waals surface area contributed by atoms with Gasteiger partial charge in [0.15, 0.2) is 0 Å². The zero-order chi connectivity index (χ0) is 15.5. The van der Waals surface area contributed by atoms with Crippen molar-refractivity contribution in [2.75, 3.05) is 5.32 Å². The van der Waals surface area contributed by atoms with E-state index in [9.17, 15) is 4.79 Å². The van der Waals surface area contributed by atoms with Crippen LogP contribution < -0.4 is 5.32 Å². The van der Waals surface area contributed by atoms with Gasteiger partial charge in [0.05, 0.1) is 5.02 Å². The van der Waals surface area contributed by atoms with Crippen molar-refractivity contribution in [3.05, 3.63) is 70.1 Å². The van der Waals surface area contributed by atoms with E-state index in [0.717, 1.165) is 26.2 Å². The normalized spacial score (nSPS) is 11.2. The van der Waals surface area contributed by atoms with Crippen LogP contribution in [-0.2, 0) is 4.79 Å². The summed E-state index contributed by atoms with van der Waals surface area (Å²) in [6.07, 6.45) is 3.28. The number of aryl methyl sites for hydroxylation is 1. The summed E-state index contributed by atoms with van der Waals surface area (Å²) in [5.41, 5.74) is 1.85. The summed E-state index contributed by atoms with van der Waals surface area (Å²) < 4.78 is 1.12. The summed E-state index contributed by atoms with van der Waals surface area (Å²) in [7, 11) is 0. The van der Waals surface area contributed by atoms with Gasteiger partial charge in [-0.05, 0) is 30.7 Å². The fourth-order valence-corrected chi connectivity index (χ4v) is 3.58. The molecule has 22 heavy (non-hydrogen) atoms. The lowest BCUT2D eigenvalue weighted by Gasteiger charge is -2.04. The van der Waals surface area contributed by atoms with Crippen LogP contribution >= 0.6 is 22.9 Å². The number of benzene rings is 2. The first-order chi connectivity index (χ1) is 10.6. The lowest BCUT2D eigenvalue weighted by molar-refractivity contribution is -0.111. The SMILES string of the molecule is Cc1ccccc1NC(=O)/C=C/c1sc2ccccc2c1Cl. The Morgan fingerprint density at radius 3 is 2.64 bits per heavy atom. The fourth-order valence-electron chi connectivity index (χ4n) is 2.18. The molecule has 2 nitrogen and oxygen atoms in total. The summed E-state index contributed by atoms with van der Waals surface area (Å²) in [5, 5.41) is 4.59. The molecule has 0 saturated heterocycles. The van der Waals surface area contributed by atoms with Gasteiger partial charge in [-0.2, -0.15) is 0 Å². The maximum atomic E-state index is 12.0. The average Bonchev–Trinajstić information content (AvgIpc) is 2.84. The minimum Gasteiger partial charge on any atom is -0.322 e. The predicted molar refractivity (Wildman–Crippen MR) is 95.7 cm³/mol. The minimum atomic E-state index is -0.164. The van der Waals surface area contributed by atoms with E-state index in [2.05, 4.69) is 5.32 Å². The van der Waals surface area contributed by atoms with Crippen LogP contribution in [0.1, 0.15) is 10.4 Å². The molecule has 0 fully saturated rings. The number of rotatable bonds is 3. The number of nitrogens with one attached hydrogen (secondary N) is 1. The fraction of sp³-hybridized carbons (Fsp3) is 0.0556. The van der Waals surface area contributed by atoms with Crippen molar-refractivity contribution in [3.63, 3.8) is 0 Å². The molecule has 0 atom stereocenters. The number of thiophene rings is 1. The van der Waals surface area contributed by atoms with E-state index < -0.39 is 0 Å². The highest BCUT2D eigenvalue weighted by Gasteiger charge is 2.07. The molecular formula is C18H14ClNOS. The average molecular weight is 328 g/mol. The third kappa shape index (κ3) is 3.06. The van der Waals surface area contributed by atoms with Gasteiger partial charge < -0.3 is 5.32 Å². The number of carbonyl (C=O) groups is 1. The third-order valence-corrected chi connectivity index (χ3v) is 5.00. The maximum Gasteiger partial charge on any atom is 0.248 e. The van der Waals surface area contributed by atoms with Crippen LogP contribution in [0.25, 0.3) is 16.2 Å². The molecule has 0 saturated carbocycles. The second-order valence-electron chi connectivity index (χ2n) is 4.91. The summed E-state index contributed by atoms with van der Waals surface area (Å²) in [4.78, 5) is 12.9. The zero-order valence-corrected chi connectivity index (χ0v) is 13.5. The standard InChI is InChI=1S/C18H14ClNOS/c1-12-6-2-4-8-14(12)20-17(21)11-10-16-18(19)13-7-3-5-9-15(13)22-16/h2-11H,1H3,(H,20,21)/b11-10+. The highest BCUT2D eigenvalue weighted by atomic mass is 35.5. The summed E-state index contributed by atoms with van der Waals surface area (Å²) in [6, 6.07) is 15.6. The van der Waals surface area contributed by atoms with Crippen molar-refractivity contribution in [2.45, 2.75) is 6.92 Å². The molecular weight excluding hydrogens is 314 g/mol. The molecule has 0 radical (unpaired) electrons. The van der Waals surface area contributed by atoms with Crippen LogP contribution in [0.5, 0.6) is 0 Å². The Bertz CT molecular complexity index is 866. The van der Waals surface area contributed by atoms with Crippen LogP contribution in [0, 0.1) is 6.92 Å². The van der Waals surface area contributed by atoms with Crippen molar-refractivity contribution in [1.82, 2.24) is 0 Å². The quantitative estimate of drug-likeness (QED) is 0.631. The minimum absolute atomic E-state index is 0.164. The first-order valence-electron chi connectivity index (χ1n) is 6.87. The van der Waals surface area contributed by atoms with Gasteiger partial charge in [0.2, 0.25) is 5.91 Å². The Morgan fingerprint density at radius 1 is 1.14 bits per heavy atom. The number of hydrogen-bond acceptors (Lipinski definition) is 2. The summed E-state index contributed by atoms with van der Waals surface area (Å²) >= 11 is 7.93. The number of anilines is 1. The van der Waals surface area contributed by atoms with E-state index in [1.165, 1.54) is 6.08 Å². The Hall–Kier alpha value is -2.10. The van der Waals surface area contributed by atoms with Crippen molar-refractivity contribution in [3.8, 4) is 0 Å². The molecule has 1 N–H and O–H groups in total. The summed E-state index contributed by atoms with van der Waals surface area (Å²) in [5.74, 6) is -0.164. The van der Waals surface area contributed by atoms with Gasteiger partial charge in [0, 0.05) is 26.7 Å². The van der Waals surface area contributed by atoms with E-state index in [4.69, 9.17) is 11.6 Å². The molecule has 3 aromatic rings. The van der Waals surface area contributed by atoms with Gasteiger partial charge in [0.25, 0.3) is 0 Å². The van der Waals surface area contributed by atoms with Crippen LogP contribution in [0.4, 0.5) is 5.69 Å². The predicted octanol–water partition coefficient (Wildman–Crippen LogP) is 5.52. The monoisotopic (exact) mass is 327 g/mol. The Kier molecular flexibility index (Phi) is 4.27. The van der Waals surface area contributed by atoms with Crippen LogP contribution in [0.2, 0.25) is 5.02 Å². The molecule has 0 aliphatic heterocycles. The van der Waals surface area contributed by atoms with Crippen LogP contribution in [-0.4, -0.2) is 5.91 Å². The molecule has 0 bridgehead atoms. The van der Waals surface area contributed by atoms with Crippen molar-refractivity contribution in [2.24, 2.45) is 0 Å². The molecule has 0 aliphatic rings. The lowest BCUT2D eigenvalue weighted by atomic mass is 10.2. The lowest BCUT2D eigenvalue weighted by Crippen LogP contribution is -2.08. The first kappa shape index (κ1) is 14.8. The van der Waals surface area contributed by atoms with Crippen molar-refractivity contribution >= 4 is 50.7 Å². The second kappa shape index (κ2) is 6.34. The molecule has 2 aromatic carbocycles. The number of fused-ring (bicyclic) bond motifs is 1. The van der Waals surface area contributed by atoms with E-state index in [-0.39, 0.29) is 5.91 Å². The van der Waals surface area contributed by atoms with Crippen LogP contribution in [0.15, 0.2) is 54.6 Å². The molecule has 110 valence electrons. The maximum absolute atomic E-state index is 12.0. The number of halogens is 1. The molecule has 0 unspecified atom stereocenters. The van der Waals surface area contributed by atoms with Gasteiger partial charge in [-0.15, -0.1) is 11.3 Å². The largest absolute Gasteiger partial charge is 0.322 e. The number of para-hydroxylation sites is 1. The van der Waals surface area contributed by atoms with E-state index in [1.54, 1.807) is 17.4 Å². The topological polar surface area (TPSA) is 29.1 Å². The van der Waals surface area contributed by atoms with Gasteiger partial charge in [-0.1, -0.05) is 48.0 Å². The Balaban J connectivity index is 1.79. The number of carbonyl (C=O) groups excluding carboxylic acids is 1. The highest BCUT2D eigenvalue weighted by Crippen LogP contribution is 2.35. The van der Waals surface area contributed by atoms with Gasteiger partial charge in [0.1, 0.15) is 0 Å². The van der Waals surface area contributed by atoms with Crippen molar-refractivity contribution < 1.29 is 4.79 Å². The Labute approximate surface area is 138 Å². The van der Waals surface area contributed by atoms with E-state index in [1.807, 2.05) is 55.5 Å². The molecule has 1 amide bonds. The van der Waals surface area contributed by atoms with Crippen molar-refractivity contribution in [1.29, 1.82) is 0 Å². The van der Waals surface area contributed by atoms with Gasteiger partial charge >= 0.3 is 0 Å². The zero-order valence-electron chi connectivity index (χ0n) is 12.0. The number of amides is 1. The molecule has 4 heteroatoms. The first-order valence-corrected chi connectivity index (χ1v) is 8.06. The molecule has 1 aromatic heterocycles. The molecule has 0 aliphatic carbocycles. The highest BCUT2D eigenvalue weighted by molar-refractivity contribution is 7.20. The van der Waals surface area contributed by atoms with E-state index >= 15 is 0 Å². The Morgan fingerprint density at radius 2 is 1.86 bits per heavy atom. The molecule has 1 heterocycles. The van der Waals surface area contributed by atoms with Gasteiger partial charge in [-0.3, -0.25) is 4.79 Å². The number of hydrogen-bond donors (Lipinski definition) is 1.